The zero-order chi connectivity index (χ0) is 25.0. The number of ether oxygens (including phenoxy) is 1. The Kier molecular flexibility index (Phi) is 16.6. The van der Waals surface area contributed by atoms with Crippen molar-refractivity contribution < 1.29 is 9.53 Å². The van der Waals surface area contributed by atoms with Gasteiger partial charge in [0.2, 0.25) is 0 Å². The number of thioether (sulfide) groups is 1. The number of carbonyl (C=O) groups is 1. The summed E-state index contributed by atoms with van der Waals surface area (Å²) in [5.41, 5.74) is 1.07. The third-order valence-corrected chi connectivity index (χ3v) is 7.51. The van der Waals surface area contributed by atoms with Crippen molar-refractivity contribution in [2.24, 2.45) is 0 Å². The predicted octanol–water partition coefficient (Wildman–Crippen LogP) is 9.37. The largest absolute Gasteiger partial charge is 0.494 e. The molecule has 0 atom stereocenters. The lowest BCUT2D eigenvalue weighted by atomic mass is 10.0. The van der Waals surface area contributed by atoms with Gasteiger partial charge in [0.1, 0.15) is 10.1 Å². The highest BCUT2D eigenvalue weighted by molar-refractivity contribution is 8.26. The van der Waals surface area contributed by atoms with Crippen LogP contribution in [0.15, 0.2) is 41.3 Å². The smallest absolute Gasteiger partial charge is 0.263 e. The summed E-state index contributed by atoms with van der Waals surface area (Å²) < 4.78 is 6.40. The molecule has 0 bridgehead atoms. The first-order valence-electron chi connectivity index (χ1n) is 13.8. The number of unbranched alkanes of at least 4 members (excludes halogenated alkanes) is 15. The van der Waals surface area contributed by atoms with Crippen molar-refractivity contribution in [3.05, 3.63) is 46.9 Å². The Labute approximate surface area is 223 Å². The Morgan fingerprint density at radius 3 is 1.80 bits per heavy atom. The molecule has 1 aromatic carbocycles. The zero-order valence-corrected chi connectivity index (χ0v) is 23.3. The van der Waals surface area contributed by atoms with E-state index in [2.05, 4.69) is 12.2 Å². The Balaban J connectivity index is 1.40. The van der Waals surface area contributed by atoms with E-state index < -0.39 is 0 Å². The molecule has 0 unspecified atom stereocenters. The molecule has 194 valence electrons. The van der Waals surface area contributed by atoms with Crippen molar-refractivity contribution in [1.82, 2.24) is 5.32 Å². The van der Waals surface area contributed by atoms with E-state index in [0.29, 0.717) is 9.23 Å². The van der Waals surface area contributed by atoms with Crippen molar-refractivity contribution in [2.45, 2.75) is 110 Å². The molecule has 0 aromatic heterocycles. The van der Waals surface area contributed by atoms with Gasteiger partial charge in [0.25, 0.3) is 5.91 Å². The van der Waals surface area contributed by atoms with E-state index >= 15 is 0 Å². The van der Waals surface area contributed by atoms with Crippen LogP contribution in [0.4, 0.5) is 0 Å². The van der Waals surface area contributed by atoms with E-state index in [-0.39, 0.29) is 5.91 Å². The summed E-state index contributed by atoms with van der Waals surface area (Å²) in [6.45, 7) is 3.07. The molecule has 2 rings (SSSR count). The molecular formula is C30H45NO2S2. The molecular weight excluding hydrogens is 470 g/mol. The molecule has 1 aromatic rings. The normalized spacial score (nSPS) is 14.8. The van der Waals surface area contributed by atoms with Gasteiger partial charge in [-0.15, -0.1) is 0 Å². The maximum atomic E-state index is 11.6. The van der Waals surface area contributed by atoms with Crippen molar-refractivity contribution in [3.8, 4) is 5.75 Å². The van der Waals surface area contributed by atoms with Gasteiger partial charge in [0, 0.05) is 0 Å². The van der Waals surface area contributed by atoms with Crippen LogP contribution in [0, 0.1) is 0 Å². The molecule has 1 aliphatic heterocycles. The first kappa shape index (κ1) is 29.6. The SMILES string of the molecule is CCCCCCCCCCCCCCCCCCOc1ccc(C=CC=C2SC(=S)NC2=O)cc1. The minimum Gasteiger partial charge on any atom is -0.494 e. The summed E-state index contributed by atoms with van der Waals surface area (Å²) in [7, 11) is 0. The second-order valence-electron chi connectivity index (χ2n) is 9.45. The van der Waals surface area contributed by atoms with Gasteiger partial charge in [-0.1, -0.05) is 152 Å². The highest BCUT2D eigenvalue weighted by Gasteiger charge is 2.20. The number of nitrogens with one attached hydrogen (secondary N) is 1. The maximum Gasteiger partial charge on any atom is 0.263 e. The van der Waals surface area contributed by atoms with Crippen molar-refractivity contribution >= 4 is 40.3 Å². The second kappa shape index (κ2) is 19.6. The number of thiocarbonyl (C=S) groups is 1. The van der Waals surface area contributed by atoms with Crippen LogP contribution >= 0.6 is 24.0 Å². The van der Waals surface area contributed by atoms with E-state index in [1.54, 1.807) is 6.08 Å². The van der Waals surface area contributed by atoms with Crippen molar-refractivity contribution in [2.75, 3.05) is 6.61 Å². The van der Waals surface area contributed by atoms with Crippen LogP contribution in [0.2, 0.25) is 0 Å². The molecule has 1 aliphatic rings. The number of carbonyl (C=O) groups excluding carboxylic acids is 1. The highest BCUT2D eigenvalue weighted by atomic mass is 32.2. The van der Waals surface area contributed by atoms with E-state index in [0.717, 1.165) is 24.3 Å². The van der Waals surface area contributed by atoms with Crippen LogP contribution in [0.25, 0.3) is 6.08 Å². The molecule has 0 aliphatic carbocycles. The maximum absolute atomic E-state index is 11.6. The van der Waals surface area contributed by atoms with Crippen molar-refractivity contribution in [1.29, 1.82) is 0 Å². The monoisotopic (exact) mass is 515 g/mol. The topological polar surface area (TPSA) is 38.3 Å². The molecule has 1 fully saturated rings. The van der Waals surface area contributed by atoms with E-state index in [9.17, 15) is 4.79 Å². The fraction of sp³-hybridized carbons (Fsp3) is 0.600. The van der Waals surface area contributed by atoms with Gasteiger partial charge < -0.3 is 10.1 Å². The lowest BCUT2D eigenvalue weighted by Gasteiger charge is -2.06. The van der Waals surface area contributed by atoms with E-state index in [4.69, 9.17) is 17.0 Å². The standard InChI is InChI=1S/C30H45NO2S2/c1-2-3-4-5-6-7-8-9-10-11-12-13-14-15-16-17-25-33-27-23-21-26(22-24-27)19-18-20-28-29(32)31-30(34)35-28/h18-24H,2-17,25H2,1H3,(H,31,32,34). The van der Waals surface area contributed by atoms with Crippen LogP contribution in [0.3, 0.4) is 0 Å². The summed E-state index contributed by atoms with van der Waals surface area (Å²) in [5.74, 6) is 0.792. The van der Waals surface area contributed by atoms with Crippen LogP contribution in [-0.4, -0.2) is 16.8 Å². The second-order valence-corrected chi connectivity index (χ2v) is 11.2. The first-order valence-corrected chi connectivity index (χ1v) is 15.1. The first-order chi connectivity index (χ1) is 17.2. The lowest BCUT2D eigenvalue weighted by molar-refractivity contribution is -0.115. The Bertz CT molecular complexity index is 786. The average molecular weight is 516 g/mol. The fourth-order valence-electron chi connectivity index (χ4n) is 4.20. The molecule has 1 saturated heterocycles. The van der Waals surface area contributed by atoms with Gasteiger partial charge >= 0.3 is 0 Å². The summed E-state index contributed by atoms with van der Waals surface area (Å²) in [4.78, 5) is 12.3. The number of rotatable bonds is 20. The Morgan fingerprint density at radius 1 is 0.800 bits per heavy atom. The molecule has 5 heteroatoms. The van der Waals surface area contributed by atoms with Crippen LogP contribution < -0.4 is 10.1 Å². The molecule has 0 saturated carbocycles. The quantitative estimate of drug-likeness (QED) is 0.107. The number of hydrogen-bond acceptors (Lipinski definition) is 4. The summed E-state index contributed by atoms with van der Waals surface area (Å²) in [6, 6.07) is 8.08. The minimum atomic E-state index is -0.123. The van der Waals surface area contributed by atoms with Gasteiger partial charge in [-0.3, -0.25) is 4.79 Å². The molecule has 1 heterocycles. The van der Waals surface area contributed by atoms with Gasteiger partial charge in [-0.2, -0.15) is 0 Å². The molecule has 3 nitrogen and oxygen atoms in total. The van der Waals surface area contributed by atoms with Crippen LogP contribution in [-0.2, 0) is 4.79 Å². The molecule has 0 radical (unpaired) electrons. The van der Waals surface area contributed by atoms with Gasteiger partial charge in [-0.25, -0.2) is 0 Å². The van der Waals surface area contributed by atoms with Crippen molar-refractivity contribution in [3.63, 3.8) is 0 Å². The average Bonchev–Trinajstić information content (AvgIpc) is 3.18. The van der Waals surface area contributed by atoms with Gasteiger partial charge in [0.05, 0.1) is 11.5 Å². The van der Waals surface area contributed by atoms with E-state index in [1.165, 1.54) is 108 Å². The zero-order valence-electron chi connectivity index (χ0n) is 21.7. The van der Waals surface area contributed by atoms with E-state index in [1.807, 2.05) is 36.4 Å². The minimum absolute atomic E-state index is 0.123. The highest BCUT2D eigenvalue weighted by Crippen LogP contribution is 2.23. The number of hydrogen-bond donors (Lipinski definition) is 1. The molecule has 1 N–H and O–H groups in total. The van der Waals surface area contributed by atoms with Gasteiger partial charge in [-0.05, 0) is 30.2 Å². The third kappa shape index (κ3) is 14.5. The number of benzene rings is 1. The molecule has 35 heavy (non-hydrogen) atoms. The Hall–Kier alpha value is -1.59. The molecule has 1 amide bonds. The van der Waals surface area contributed by atoms with Crippen LogP contribution in [0.5, 0.6) is 5.75 Å². The third-order valence-electron chi connectivity index (χ3n) is 6.33. The fourth-order valence-corrected chi connectivity index (χ4v) is 5.19. The lowest BCUT2D eigenvalue weighted by Crippen LogP contribution is -2.17. The summed E-state index contributed by atoms with van der Waals surface area (Å²) in [5, 5.41) is 2.62. The number of allylic oxidation sites excluding steroid dienone is 2. The summed E-state index contributed by atoms with van der Waals surface area (Å²) >= 11 is 6.29. The van der Waals surface area contributed by atoms with Crippen LogP contribution in [0.1, 0.15) is 115 Å². The summed E-state index contributed by atoms with van der Waals surface area (Å²) in [6.07, 6.45) is 27.8. The Morgan fingerprint density at radius 2 is 1.31 bits per heavy atom. The predicted molar refractivity (Wildman–Crippen MR) is 157 cm³/mol. The van der Waals surface area contributed by atoms with Gasteiger partial charge in [0.15, 0.2) is 0 Å². The number of amides is 1. The molecule has 0 spiro atoms.